The number of pyridine rings is 1. The van der Waals surface area contributed by atoms with Crippen LogP contribution in [0.3, 0.4) is 0 Å². The SMILES string of the molecule is CC(Cn1cccn1)NC(=O)c1cnc(N)c(Cl)c1. The number of hydrogen-bond donors (Lipinski definition) is 2. The zero-order chi connectivity index (χ0) is 13.8. The lowest BCUT2D eigenvalue weighted by molar-refractivity contribution is 0.0935. The van der Waals surface area contributed by atoms with Gasteiger partial charge in [-0.2, -0.15) is 5.10 Å². The van der Waals surface area contributed by atoms with E-state index >= 15 is 0 Å². The lowest BCUT2D eigenvalue weighted by atomic mass is 10.2. The third kappa shape index (κ3) is 3.45. The number of nitrogen functional groups attached to an aromatic ring is 1. The Balaban J connectivity index is 1.98. The van der Waals surface area contributed by atoms with Crippen LogP contribution in [-0.4, -0.2) is 26.7 Å². The number of carbonyl (C=O) groups is 1. The van der Waals surface area contributed by atoms with Gasteiger partial charge in [0, 0.05) is 24.6 Å². The first-order chi connectivity index (χ1) is 9.06. The molecule has 0 saturated carbocycles. The second kappa shape index (κ2) is 5.71. The van der Waals surface area contributed by atoms with Crippen molar-refractivity contribution in [2.45, 2.75) is 19.5 Å². The maximum absolute atomic E-state index is 12.0. The highest BCUT2D eigenvalue weighted by Crippen LogP contribution is 2.16. The van der Waals surface area contributed by atoms with Crippen LogP contribution in [0.5, 0.6) is 0 Å². The lowest BCUT2D eigenvalue weighted by Crippen LogP contribution is -2.35. The Morgan fingerprint density at radius 1 is 1.63 bits per heavy atom. The Morgan fingerprint density at radius 2 is 2.42 bits per heavy atom. The number of anilines is 1. The van der Waals surface area contributed by atoms with Crippen molar-refractivity contribution in [2.75, 3.05) is 5.73 Å². The van der Waals surface area contributed by atoms with Crippen molar-refractivity contribution < 1.29 is 4.79 Å². The molecular formula is C12H14ClN5O. The van der Waals surface area contributed by atoms with Crippen LogP contribution >= 0.6 is 11.6 Å². The molecule has 100 valence electrons. The summed E-state index contributed by atoms with van der Waals surface area (Å²) in [5.41, 5.74) is 5.88. The average molecular weight is 280 g/mol. The standard InChI is InChI=1S/C12H14ClN5O/c1-8(7-18-4-2-3-16-18)17-12(19)9-5-10(13)11(14)15-6-9/h2-6,8H,7H2,1H3,(H2,14,15)(H,17,19). The summed E-state index contributed by atoms with van der Waals surface area (Å²) in [4.78, 5) is 15.8. The Kier molecular flexibility index (Phi) is 4.01. The van der Waals surface area contributed by atoms with E-state index in [9.17, 15) is 4.79 Å². The number of nitrogens with zero attached hydrogens (tertiary/aromatic N) is 3. The molecule has 3 N–H and O–H groups in total. The van der Waals surface area contributed by atoms with Crippen molar-refractivity contribution in [3.05, 3.63) is 41.3 Å². The van der Waals surface area contributed by atoms with Gasteiger partial charge in [-0.25, -0.2) is 4.98 Å². The molecule has 0 bridgehead atoms. The number of nitrogens with two attached hydrogens (primary N) is 1. The third-order valence-corrected chi connectivity index (χ3v) is 2.83. The third-order valence-electron chi connectivity index (χ3n) is 2.53. The smallest absolute Gasteiger partial charge is 0.253 e. The van der Waals surface area contributed by atoms with E-state index in [1.165, 1.54) is 12.3 Å². The van der Waals surface area contributed by atoms with Gasteiger partial charge in [-0.05, 0) is 19.1 Å². The summed E-state index contributed by atoms with van der Waals surface area (Å²) in [7, 11) is 0. The molecule has 0 fully saturated rings. The molecule has 1 amide bonds. The van der Waals surface area contributed by atoms with Gasteiger partial charge in [0.15, 0.2) is 0 Å². The molecule has 1 atom stereocenters. The summed E-state index contributed by atoms with van der Waals surface area (Å²) in [5, 5.41) is 7.19. The minimum Gasteiger partial charge on any atom is -0.382 e. The van der Waals surface area contributed by atoms with E-state index in [2.05, 4.69) is 15.4 Å². The predicted molar refractivity (Wildman–Crippen MR) is 72.8 cm³/mol. The van der Waals surface area contributed by atoms with Gasteiger partial charge in [-0.15, -0.1) is 0 Å². The summed E-state index contributed by atoms with van der Waals surface area (Å²) in [6.07, 6.45) is 4.93. The molecule has 0 aliphatic rings. The summed E-state index contributed by atoms with van der Waals surface area (Å²) < 4.78 is 1.75. The van der Waals surface area contributed by atoms with Crippen LogP contribution in [0.15, 0.2) is 30.7 Å². The quantitative estimate of drug-likeness (QED) is 0.884. The molecule has 2 heterocycles. The Morgan fingerprint density at radius 3 is 3.05 bits per heavy atom. The minimum absolute atomic E-state index is 0.0660. The first-order valence-electron chi connectivity index (χ1n) is 5.75. The van der Waals surface area contributed by atoms with Gasteiger partial charge < -0.3 is 11.1 Å². The number of carbonyl (C=O) groups excluding carboxylic acids is 1. The number of nitrogens with one attached hydrogen (secondary N) is 1. The molecule has 2 aromatic rings. The molecule has 6 nitrogen and oxygen atoms in total. The van der Waals surface area contributed by atoms with Crippen LogP contribution in [0.25, 0.3) is 0 Å². The molecule has 0 aliphatic heterocycles. The highest BCUT2D eigenvalue weighted by atomic mass is 35.5. The maximum atomic E-state index is 12.0. The van der Waals surface area contributed by atoms with Crippen molar-refractivity contribution in [1.82, 2.24) is 20.1 Å². The summed E-state index contributed by atoms with van der Waals surface area (Å²) in [6, 6.07) is 3.27. The van der Waals surface area contributed by atoms with E-state index in [1.54, 1.807) is 10.9 Å². The van der Waals surface area contributed by atoms with Gasteiger partial charge in [0.1, 0.15) is 5.82 Å². The molecule has 7 heteroatoms. The molecule has 0 radical (unpaired) electrons. The summed E-state index contributed by atoms with van der Waals surface area (Å²) >= 11 is 5.83. The molecule has 2 aromatic heterocycles. The molecule has 19 heavy (non-hydrogen) atoms. The van der Waals surface area contributed by atoms with Crippen LogP contribution in [0.1, 0.15) is 17.3 Å². The molecule has 1 unspecified atom stereocenters. The highest BCUT2D eigenvalue weighted by molar-refractivity contribution is 6.33. The van der Waals surface area contributed by atoms with E-state index in [1.807, 2.05) is 19.2 Å². The Labute approximate surface area is 115 Å². The summed E-state index contributed by atoms with van der Waals surface area (Å²) in [5.74, 6) is -0.0307. The van der Waals surface area contributed by atoms with Crippen molar-refractivity contribution in [3.63, 3.8) is 0 Å². The maximum Gasteiger partial charge on any atom is 0.253 e. The van der Waals surface area contributed by atoms with Gasteiger partial charge in [0.25, 0.3) is 5.91 Å². The van der Waals surface area contributed by atoms with E-state index in [0.29, 0.717) is 12.1 Å². The highest BCUT2D eigenvalue weighted by Gasteiger charge is 2.12. The van der Waals surface area contributed by atoms with E-state index < -0.39 is 0 Å². The number of halogens is 1. The molecule has 0 saturated heterocycles. The second-order valence-electron chi connectivity index (χ2n) is 4.19. The zero-order valence-corrected chi connectivity index (χ0v) is 11.1. The normalized spacial score (nSPS) is 12.1. The predicted octanol–water partition coefficient (Wildman–Crippen LogP) is 1.33. The van der Waals surface area contributed by atoms with Crippen LogP contribution in [-0.2, 0) is 6.54 Å². The average Bonchev–Trinajstić information content (AvgIpc) is 2.85. The molecule has 0 aliphatic carbocycles. The van der Waals surface area contributed by atoms with E-state index in [-0.39, 0.29) is 22.8 Å². The van der Waals surface area contributed by atoms with Gasteiger partial charge in [-0.1, -0.05) is 11.6 Å². The monoisotopic (exact) mass is 279 g/mol. The largest absolute Gasteiger partial charge is 0.382 e. The molecule has 0 spiro atoms. The van der Waals surface area contributed by atoms with Gasteiger partial charge in [0.05, 0.1) is 17.1 Å². The van der Waals surface area contributed by atoms with Crippen LogP contribution < -0.4 is 11.1 Å². The second-order valence-corrected chi connectivity index (χ2v) is 4.60. The number of hydrogen-bond acceptors (Lipinski definition) is 4. The molecular weight excluding hydrogens is 266 g/mol. The molecule has 0 aromatic carbocycles. The van der Waals surface area contributed by atoms with Crippen molar-refractivity contribution >= 4 is 23.3 Å². The van der Waals surface area contributed by atoms with Crippen molar-refractivity contribution in [2.24, 2.45) is 0 Å². The van der Waals surface area contributed by atoms with E-state index in [4.69, 9.17) is 17.3 Å². The first kappa shape index (κ1) is 13.4. The Hall–Kier alpha value is -2.08. The fraction of sp³-hybridized carbons (Fsp3) is 0.250. The van der Waals surface area contributed by atoms with Crippen molar-refractivity contribution in [1.29, 1.82) is 0 Å². The number of rotatable bonds is 4. The molecule has 2 rings (SSSR count). The van der Waals surface area contributed by atoms with Crippen LogP contribution in [0.2, 0.25) is 5.02 Å². The van der Waals surface area contributed by atoms with Crippen LogP contribution in [0.4, 0.5) is 5.82 Å². The topological polar surface area (TPSA) is 85.8 Å². The van der Waals surface area contributed by atoms with Crippen molar-refractivity contribution in [3.8, 4) is 0 Å². The minimum atomic E-state index is -0.242. The number of amides is 1. The summed E-state index contributed by atoms with van der Waals surface area (Å²) in [6.45, 7) is 2.49. The zero-order valence-electron chi connectivity index (χ0n) is 10.4. The first-order valence-corrected chi connectivity index (χ1v) is 6.13. The fourth-order valence-electron chi connectivity index (χ4n) is 1.61. The Bertz CT molecular complexity index is 570. The lowest BCUT2D eigenvalue weighted by Gasteiger charge is -2.14. The fourth-order valence-corrected chi connectivity index (χ4v) is 1.78. The van der Waals surface area contributed by atoms with E-state index in [0.717, 1.165) is 0 Å². The van der Waals surface area contributed by atoms with Gasteiger partial charge >= 0.3 is 0 Å². The number of aromatic nitrogens is 3. The van der Waals surface area contributed by atoms with Crippen LogP contribution in [0, 0.1) is 0 Å². The van der Waals surface area contributed by atoms with Gasteiger partial charge in [-0.3, -0.25) is 9.48 Å². The van der Waals surface area contributed by atoms with Gasteiger partial charge in [0.2, 0.25) is 0 Å².